The van der Waals surface area contributed by atoms with E-state index < -0.39 is 0 Å². The van der Waals surface area contributed by atoms with Gasteiger partial charge in [0, 0.05) is 23.3 Å². The van der Waals surface area contributed by atoms with Crippen LogP contribution in [0.25, 0.3) is 0 Å². The summed E-state index contributed by atoms with van der Waals surface area (Å²) < 4.78 is 13.7. The summed E-state index contributed by atoms with van der Waals surface area (Å²) in [6.07, 6.45) is 1.68. The molecule has 6 heteroatoms. The minimum absolute atomic E-state index is 0.289. The molecule has 1 aromatic heterocycles. The van der Waals surface area contributed by atoms with Crippen LogP contribution in [0.1, 0.15) is 12.5 Å². The monoisotopic (exact) mass is 280 g/mol. The summed E-state index contributed by atoms with van der Waals surface area (Å²) in [4.78, 5) is 8.41. The maximum atomic E-state index is 13.7. The Morgan fingerprint density at radius 3 is 2.89 bits per heavy atom. The van der Waals surface area contributed by atoms with Gasteiger partial charge in [0.2, 0.25) is 5.95 Å². The van der Waals surface area contributed by atoms with Gasteiger partial charge in [-0.3, -0.25) is 0 Å². The molecule has 0 aliphatic carbocycles. The highest BCUT2D eigenvalue weighted by Gasteiger charge is 2.08. The SMILES string of the molecule is CCNc1ncc(C)c(Nc2cc(Cl)ccc2F)n1. The van der Waals surface area contributed by atoms with E-state index in [1.54, 1.807) is 6.20 Å². The Kier molecular flexibility index (Phi) is 4.16. The van der Waals surface area contributed by atoms with E-state index in [2.05, 4.69) is 20.6 Å². The van der Waals surface area contributed by atoms with E-state index in [9.17, 15) is 4.39 Å². The van der Waals surface area contributed by atoms with Crippen LogP contribution in [0.4, 0.5) is 21.8 Å². The van der Waals surface area contributed by atoms with Gasteiger partial charge in [-0.25, -0.2) is 9.37 Å². The summed E-state index contributed by atoms with van der Waals surface area (Å²) >= 11 is 5.85. The van der Waals surface area contributed by atoms with Gasteiger partial charge in [0.25, 0.3) is 0 Å². The smallest absolute Gasteiger partial charge is 0.224 e. The van der Waals surface area contributed by atoms with Gasteiger partial charge in [-0.15, -0.1) is 0 Å². The molecule has 19 heavy (non-hydrogen) atoms. The number of benzene rings is 1. The normalized spacial score (nSPS) is 10.3. The number of rotatable bonds is 4. The van der Waals surface area contributed by atoms with E-state index in [0.29, 0.717) is 23.3 Å². The highest BCUT2D eigenvalue weighted by Crippen LogP contribution is 2.24. The Hall–Kier alpha value is -1.88. The van der Waals surface area contributed by atoms with Crippen LogP contribution in [0.5, 0.6) is 0 Å². The van der Waals surface area contributed by atoms with Gasteiger partial charge in [0.1, 0.15) is 11.6 Å². The molecule has 0 fully saturated rings. The summed E-state index contributed by atoms with van der Waals surface area (Å²) in [7, 11) is 0. The molecule has 1 aromatic carbocycles. The van der Waals surface area contributed by atoms with E-state index in [1.165, 1.54) is 18.2 Å². The number of hydrogen-bond donors (Lipinski definition) is 2. The predicted octanol–water partition coefficient (Wildman–Crippen LogP) is 3.75. The quantitative estimate of drug-likeness (QED) is 0.895. The molecule has 0 radical (unpaired) electrons. The lowest BCUT2D eigenvalue weighted by molar-refractivity contribution is 0.632. The largest absolute Gasteiger partial charge is 0.354 e. The molecule has 0 aliphatic rings. The second-order valence-electron chi connectivity index (χ2n) is 4.00. The van der Waals surface area contributed by atoms with Crippen molar-refractivity contribution in [3.8, 4) is 0 Å². The van der Waals surface area contributed by atoms with Crippen molar-refractivity contribution in [3.05, 3.63) is 40.8 Å². The minimum Gasteiger partial charge on any atom is -0.354 e. The third kappa shape index (κ3) is 3.32. The van der Waals surface area contributed by atoms with Crippen LogP contribution in [-0.2, 0) is 0 Å². The highest BCUT2D eigenvalue weighted by molar-refractivity contribution is 6.30. The fraction of sp³-hybridized carbons (Fsp3) is 0.231. The second kappa shape index (κ2) is 5.84. The summed E-state index contributed by atoms with van der Waals surface area (Å²) in [5.41, 5.74) is 1.11. The van der Waals surface area contributed by atoms with Crippen LogP contribution in [0.15, 0.2) is 24.4 Å². The first kappa shape index (κ1) is 13.5. The molecule has 0 saturated carbocycles. The van der Waals surface area contributed by atoms with Crippen LogP contribution < -0.4 is 10.6 Å². The van der Waals surface area contributed by atoms with Crippen LogP contribution in [0.2, 0.25) is 5.02 Å². The van der Waals surface area contributed by atoms with Gasteiger partial charge in [-0.05, 0) is 32.0 Å². The number of aryl methyl sites for hydroxylation is 1. The molecular formula is C13H14ClFN4. The highest BCUT2D eigenvalue weighted by atomic mass is 35.5. The van der Waals surface area contributed by atoms with Crippen LogP contribution in [0, 0.1) is 12.7 Å². The standard InChI is InChI=1S/C13H14ClFN4/c1-3-16-13-17-7-8(2)12(19-13)18-11-6-9(14)4-5-10(11)15/h4-7H,3H2,1-2H3,(H2,16,17,18,19). The maximum absolute atomic E-state index is 13.7. The van der Waals surface area contributed by atoms with Crippen molar-refractivity contribution in [1.82, 2.24) is 9.97 Å². The van der Waals surface area contributed by atoms with Crippen molar-refractivity contribution in [3.63, 3.8) is 0 Å². The topological polar surface area (TPSA) is 49.8 Å². The zero-order chi connectivity index (χ0) is 13.8. The Labute approximate surface area is 116 Å². The molecular weight excluding hydrogens is 267 g/mol. The van der Waals surface area contributed by atoms with Crippen molar-refractivity contribution in [2.24, 2.45) is 0 Å². The number of nitrogens with one attached hydrogen (secondary N) is 2. The molecule has 0 amide bonds. The molecule has 100 valence electrons. The molecule has 0 spiro atoms. The molecule has 0 bridgehead atoms. The van der Waals surface area contributed by atoms with E-state index in [-0.39, 0.29) is 11.5 Å². The Morgan fingerprint density at radius 1 is 1.37 bits per heavy atom. The zero-order valence-electron chi connectivity index (χ0n) is 10.7. The molecule has 0 atom stereocenters. The van der Waals surface area contributed by atoms with E-state index in [0.717, 1.165) is 5.56 Å². The van der Waals surface area contributed by atoms with Crippen molar-refractivity contribution in [2.45, 2.75) is 13.8 Å². The third-order valence-corrected chi connectivity index (χ3v) is 2.72. The maximum Gasteiger partial charge on any atom is 0.224 e. The van der Waals surface area contributed by atoms with E-state index in [1.807, 2.05) is 13.8 Å². The Balaban J connectivity index is 2.31. The van der Waals surface area contributed by atoms with E-state index >= 15 is 0 Å². The molecule has 2 rings (SSSR count). The van der Waals surface area contributed by atoms with Gasteiger partial charge in [0.15, 0.2) is 0 Å². The molecule has 0 saturated heterocycles. The molecule has 0 aliphatic heterocycles. The number of halogens is 2. The molecule has 2 aromatic rings. The fourth-order valence-corrected chi connectivity index (χ4v) is 1.70. The van der Waals surface area contributed by atoms with Crippen molar-refractivity contribution >= 4 is 29.1 Å². The summed E-state index contributed by atoms with van der Waals surface area (Å²) in [6, 6.07) is 4.33. The van der Waals surface area contributed by atoms with Crippen molar-refractivity contribution in [1.29, 1.82) is 0 Å². The van der Waals surface area contributed by atoms with Crippen LogP contribution in [0.3, 0.4) is 0 Å². The van der Waals surface area contributed by atoms with Crippen molar-refractivity contribution in [2.75, 3.05) is 17.2 Å². The molecule has 0 unspecified atom stereocenters. The zero-order valence-corrected chi connectivity index (χ0v) is 11.4. The molecule has 1 heterocycles. The van der Waals surface area contributed by atoms with Crippen LogP contribution in [-0.4, -0.2) is 16.5 Å². The fourth-order valence-electron chi connectivity index (χ4n) is 1.53. The lowest BCUT2D eigenvalue weighted by atomic mass is 10.3. The summed E-state index contributed by atoms with van der Waals surface area (Å²) in [5, 5.41) is 6.40. The van der Waals surface area contributed by atoms with Gasteiger partial charge in [-0.2, -0.15) is 4.98 Å². The third-order valence-electron chi connectivity index (χ3n) is 2.49. The lowest BCUT2D eigenvalue weighted by Gasteiger charge is -2.11. The predicted molar refractivity (Wildman–Crippen MR) is 75.6 cm³/mol. The Bertz CT molecular complexity index is 589. The number of hydrogen-bond acceptors (Lipinski definition) is 4. The van der Waals surface area contributed by atoms with E-state index in [4.69, 9.17) is 11.6 Å². The first-order valence-corrected chi connectivity index (χ1v) is 6.27. The molecule has 2 N–H and O–H groups in total. The van der Waals surface area contributed by atoms with Crippen LogP contribution >= 0.6 is 11.6 Å². The summed E-state index contributed by atoms with van der Waals surface area (Å²) in [6.45, 7) is 4.52. The average Bonchev–Trinajstić information content (AvgIpc) is 2.38. The number of nitrogens with zero attached hydrogens (tertiary/aromatic N) is 2. The first-order valence-electron chi connectivity index (χ1n) is 5.89. The van der Waals surface area contributed by atoms with Gasteiger partial charge in [0.05, 0.1) is 5.69 Å². The number of anilines is 3. The lowest BCUT2D eigenvalue weighted by Crippen LogP contribution is -2.06. The molecule has 4 nitrogen and oxygen atoms in total. The summed E-state index contributed by atoms with van der Waals surface area (Å²) in [5.74, 6) is 0.664. The second-order valence-corrected chi connectivity index (χ2v) is 4.44. The van der Waals surface area contributed by atoms with Crippen molar-refractivity contribution < 1.29 is 4.39 Å². The van der Waals surface area contributed by atoms with Gasteiger partial charge in [-0.1, -0.05) is 11.6 Å². The van der Waals surface area contributed by atoms with Gasteiger partial charge < -0.3 is 10.6 Å². The average molecular weight is 281 g/mol. The minimum atomic E-state index is -0.382. The number of aromatic nitrogens is 2. The van der Waals surface area contributed by atoms with Gasteiger partial charge >= 0.3 is 0 Å². The Morgan fingerprint density at radius 2 is 2.16 bits per heavy atom. The first-order chi connectivity index (χ1) is 9.10.